The van der Waals surface area contributed by atoms with Crippen LogP contribution in [0.1, 0.15) is 75.2 Å². The highest BCUT2D eigenvalue weighted by Gasteiger charge is 2.53. The number of primary amides is 2. The van der Waals surface area contributed by atoms with E-state index in [1.165, 1.54) is 0 Å². The van der Waals surface area contributed by atoms with Crippen LogP contribution in [-0.2, 0) is 16.0 Å². The van der Waals surface area contributed by atoms with Crippen LogP contribution in [-0.4, -0.2) is 40.6 Å². The Morgan fingerprint density at radius 1 is 1.06 bits per heavy atom. The lowest BCUT2D eigenvalue weighted by Crippen LogP contribution is -2.56. The Balaban J connectivity index is 0.000000890. The van der Waals surface area contributed by atoms with Crippen LogP contribution in [0.4, 0.5) is 9.59 Å². The summed E-state index contributed by atoms with van der Waals surface area (Å²) < 4.78 is 5.30. The summed E-state index contributed by atoms with van der Waals surface area (Å²) >= 11 is 0. The summed E-state index contributed by atoms with van der Waals surface area (Å²) in [4.78, 5) is 44.0. The Kier molecular flexibility index (Phi) is 8.46. The molecule has 6 N–H and O–H groups in total. The number of carboxylic acid groups (broad SMARTS) is 1. The van der Waals surface area contributed by atoms with Gasteiger partial charge in [-0.25, -0.2) is 9.59 Å². The second kappa shape index (κ2) is 10.7. The number of alkyl carbamates (subject to hydrolysis) is 1. The molecular formula is C24H35N3O6. The average molecular weight is 462 g/mol. The first-order valence-corrected chi connectivity index (χ1v) is 11.2. The third-order valence-electron chi connectivity index (χ3n) is 5.97. The van der Waals surface area contributed by atoms with Gasteiger partial charge in [0.25, 0.3) is 0 Å². The summed E-state index contributed by atoms with van der Waals surface area (Å²) in [5.41, 5.74) is 10.6. The van der Waals surface area contributed by atoms with E-state index in [9.17, 15) is 14.4 Å². The molecular weight excluding hydrogens is 426 g/mol. The van der Waals surface area contributed by atoms with Crippen molar-refractivity contribution in [1.29, 1.82) is 0 Å². The van der Waals surface area contributed by atoms with Gasteiger partial charge in [0.2, 0.25) is 5.91 Å². The molecule has 0 saturated heterocycles. The maximum Gasteiger partial charge on any atom is 0.407 e. The van der Waals surface area contributed by atoms with Crippen LogP contribution < -0.4 is 16.8 Å². The SMILES string of the molecule is CC(C)(C)OC(=O)NC1CC2(CC(CC(=O)CCc3ccc(C(N)=O)cc3)C2)C1.NC(=O)O. The molecule has 182 valence electrons. The number of ketones is 1. The Morgan fingerprint density at radius 2 is 1.61 bits per heavy atom. The van der Waals surface area contributed by atoms with Crippen LogP contribution in [0.2, 0.25) is 0 Å². The fourth-order valence-electron chi connectivity index (χ4n) is 4.75. The zero-order valence-corrected chi connectivity index (χ0v) is 19.6. The normalized spacial score (nSPS) is 23.2. The summed E-state index contributed by atoms with van der Waals surface area (Å²) in [5, 5.41) is 10.1. The Morgan fingerprint density at radius 3 is 2.09 bits per heavy atom. The van der Waals surface area contributed by atoms with E-state index in [4.69, 9.17) is 20.4 Å². The summed E-state index contributed by atoms with van der Waals surface area (Å²) in [6.07, 6.45) is 4.33. The van der Waals surface area contributed by atoms with Crippen molar-refractivity contribution in [2.75, 3.05) is 0 Å². The molecule has 0 atom stereocenters. The molecule has 2 fully saturated rings. The highest BCUT2D eigenvalue weighted by molar-refractivity contribution is 5.92. The standard InChI is InChI=1S/C23H32N2O4.CH3NO2/c1-22(2,3)29-21(28)25-18-13-23(14-18)11-16(12-23)10-19(26)9-6-15-4-7-17(8-5-15)20(24)27;2-1(3)4/h4-5,7-8,16,18H,6,9-14H2,1-3H3,(H2,24,27)(H,25,28);2H2,(H,3,4). The van der Waals surface area contributed by atoms with Crippen molar-refractivity contribution in [3.63, 3.8) is 0 Å². The van der Waals surface area contributed by atoms with Gasteiger partial charge in [-0.3, -0.25) is 9.59 Å². The number of nitrogens with one attached hydrogen (secondary N) is 1. The molecule has 9 nitrogen and oxygen atoms in total. The first-order valence-electron chi connectivity index (χ1n) is 11.2. The zero-order valence-electron chi connectivity index (χ0n) is 19.6. The van der Waals surface area contributed by atoms with E-state index in [0.29, 0.717) is 41.9 Å². The highest BCUT2D eigenvalue weighted by atomic mass is 16.6. The Bertz CT molecular complexity index is 857. The number of rotatable bonds is 7. The minimum atomic E-state index is -1.33. The number of nitrogens with two attached hydrogens (primary N) is 2. The maximum absolute atomic E-state index is 12.3. The number of hydrogen-bond donors (Lipinski definition) is 4. The minimum absolute atomic E-state index is 0.199. The number of amides is 3. The van der Waals surface area contributed by atoms with E-state index in [0.717, 1.165) is 31.2 Å². The molecule has 0 aliphatic heterocycles. The average Bonchev–Trinajstić information content (AvgIpc) is 2.61. The summed E-state index contributed by atoms with van der Waals surface area (Å²) in [6, 6.07) is 7.33. The van der Waals surface area contributed by atoms with Crippen molar-refractivity contribution >= 4 is 23.9 Å². The van der Waals surface area contributed by atoms with E-state index in [2.05, 4.69) is 11.1 Å². The van der Waals surface area contributed by atoms with Crippen LogP contribution in [0.3, 0.4) is 0 Å². The van der Waals surface area contributed by atoms with Crippen molar-refractivity contribution < 1.29 is 29.0 Å². The van der Waals surface area contributed by atoms with Gasteiger partial charge in [0.15, 0.2) is 0 Å². The first-order chi connectivity index (χ1) is 15.3. The van der Waals surface area contributed by atoms with Crippen LogP contribution in [0.25, 0.3) is 0 Å². The molecule has 0 unspecified atom stereocenters. The summed E-state index contributed by atoms with van der Waals surface area (Å²) in [5.74, 6) is 0.333. The molecule has 2 aliphatic rings. The van der Waals surface area contributed by atoms with E-state index in [1.807, 2.05) is 32.9 Å². The molecule has 3 rings (SSSR count). The third kappa shape index (κ3) is 8.75. The van der Waals surface area contributed by atoms with Gasteiger partial charge in [0.1, 0.15) is 11.4 Å². The lowest BCUT2D eigenvalue weighted by Gasteiger charge is -2.57. The van der Waals surface area contributed by atoms with Gasteiger partial charge in [-0.1, -0.05) is 12.1 Å². The molecule has 0 bridgehead atoms. The van der Waals surface area contributed by atoms with Gasteiger partial charge in [0, 0.05) is 24.4 Å². The predicted octanol–water partition coefficient (Wildman–Crippen LogP) is 3.38. The van der Waals surface area contributed by atoms with Gasteiger partial charge in [-0.05, 0) is 81.9 Å². The van der Waals surface area contributed by atoms with Crippen LogP contribution in [0.5, 0.6) is 0 Å². The lowest BCUT2D eigenvalue weighted by molar-refractivity contribution is -0.124. The van der Waals surface area contributed by atoms with Crippen molar-refractivity contribution in [1.82, 2.24) is 5.32 Å². The molecule has 2 saturated carbocycles. The Labute approximate surface area is 194 Å². The number of carbonyl (C=O) groups is 4. The van der Waals surface area contributed by atoms with Crippen molar-refractivity contribution in [2.24, 2.45) is 22.8 Å². The van der Waals surface area contributed by atoms with Gasteiger partial charge < -0.3 is 26.6 Å². The molecule has 0 heterocycles. The molecule has 3 amide bonds. The quantitative estimate of drug-likeness (QED) is 0.486. The first kappa shape index (κ1) is 26.2. The lowest BCUT2D eigenvalue weighted by atomic mass is 9.49. The van der Waals surface area contributed by atoms with Crippen LogP contribution >= 0.6 is 0 Å². The van der Waals surface area contributed by atoms with Crippen LogP contribution in [0, 0.1) is 11.3 Å². The molecule has 1 aromatic carbocycles. The van der Waals surface area contributed by atoms with Crippen LogP contribution in [0.15, 0.2) is 24.3 Å². The molecule has 0 radical (unpaired) electrons. The van der Waals surface area contributed by atoms with E-state index in [-0.39, 0.29) is 12.1 Å². The molecule has 2 aliphatic carbocycles. The monoisotopic (exact) mass is 461 g/mol. The number of benzene rings is 1. The summed E-state index contributed by atoms with van der Waals surface area (Å²) in [7, 11) is 0. The third-order valence-corrected chi connectivity index (χ3v) is 5.97. The summed E-state index contributed by atoms with van der Waals surface area (Å²) in [6.45, 7) is 5.58. The van der Waals surface area contributed by atoms with Crippen molar-refractivity contribution in [3.8, 4) is 0 Å². The van der Waals surface area contributed by atoms with Gasteiger partial charge in [-0.2, -0.15) is 0 Å². The molecule has 1 aromatic rings. The number of hydrogen-bond acceptors (Lipinski definition) is 5. The zero-order chi connectivity index (χ0) is 24.8. The van der Waals surface area contributed by atoms with E-state index < -0.39 is 17.6 Å². The van der Waals surface area contributed by atoms with E-state index >= 15 is 0 Å². The Hall–Kier alpha value is -3.10. The maximum atomic E-state index is 12.3. The van der Waals surface area contributed by atoms with Crippen molar-refractivity contribution in [2.45, 2.75) is 77.4 Å². The largest absolute Gasteiger partial charge is 0.465 e. The molecule has 9 heteroatoms. The van der Waals surface area contributed by atoms with Crippen molar-refractivity contribution in [3.05, 3.63) is 35.4 Å². The molecule has 33 heavy (non-hydrogen) atoms. The number of aryl methyl sites for hydroxylation is 1. The number of carbonyl (C=O) groups excluding carboxylic acids is 3. The fourth-order valence-corrected chi connectivity index (χ4v) is 4.75. The molecule has 0 aromatic heterocycles. The second-order valence-corrected chi connectivity index (χ2v) is 10.2. The molecule has 1 spiro atoms. The van der Waals surface area contributed by atoms with Gasteiger partial charge in [0.05, 0.1) is 0 Å². The minimum Gasteiger partial charge on any atom is -0.465 e. The topological polar surface area (TPSA) is 162 Å². The number of Topliss-reactive ketones (excluding diaryl/α,β-unsaturated/α-hetero) is 1. The predicted molar refractivity (Wildman–Crippen MR) is 123 cm³/mol. The highest BCUT2D eigenvalue weighted by Crippen LogP contribution is 2.59. The smallest absolute Gasteiger partial charge is 0.407 e. The second-order valence-electron chi connectivity index (χ2n) is 10.2. The number of ether oxygens (including phenoxy) is 1. The van der Waals surface area contributed by atoms with Gasteiger partial charge in [-0.15, -0.1) is 0 Å². The van der Waals surface area contributed by atoms with E-state index in [1.54, 1.807) is 12.1 Å². The van der Waals surface area contributed by atoms with Gasteiger partial charge >= 0.3 is 12.2 Å². The fraction of sp³-hybridized carbons (Fsp3) is 0.583.